The zero-order valence-electron chi connectivity index (χ0n) is 14.0. The Kier molecular flexibility index (Phi) is 4.46. The van der Waals surface area contributed by atoms with Crippen LogP contribution in [-0.4, -0.2) is 34.2 Å². The number of carbonyl (C=O) groups excluding carboxylic acids is 1. The van der Waals surface area contributed by atoms with E-state index in [4.69, 9.17) is 4.74 Å². The van der Waals surface area contributed by atoms with Crippen molar-refractivity contribution in [3.8, 4) is 5.75 Å². The Morgan fingerprint density at radius 1 is 1.29 bits per heavy atom. The molecule has 3 rings (SSSR count). The van der Waals surface area contributed by atoms with E-state index in [9.17, 15) is 4.79 Å². The molecule has 0 saturated heterocycles. The van der Waals surface area contributed by atoms with Gasteiger partial charge in [-0.2, -0.15) is 5.10 Å². The van der Waals surface area contributed by atoms with Crippen molar-refractivity contribution in [1.82, 2.24) is 19.9 Å². The Hall–Kier alpha value is -2.89. The number of amides is 1. The normalized spacial score (nSPS) is 10.8. The quantitative estimate of drug-likeness (QED) is 0.782. The molecule has 6 nitrogen and oxygen atoms in total. The van der Waals surface area contributed by atoms with Gasteiger partial charge in [-0.15, -0.1) is 0 Å². The molecule has 0 aliphatic carbocycles. The minimum atomic E-state index is -0.161. The molecule has 2 aromatic heterocycles. The summed E-state index contributed by atoms with van der Waals surface area (Å²) in [6.07, 6.45) is 5.88. The Morgan fingerprint density at radius 2 is 2.12 bits per heavy atom. The number of hydrogen-bond acceptors (Lipinski definition) is 4. The van der Waals surface area contributed by atoms with Crippen LogP contribution in [0.3, 0.4) is 0 Å². The molecule has 0 bridgehead atoms. The van der Waals surface area contributed by atoms with Crippen LogP contribution in [0.5, 0.6) is 5.75 Å². The fourth-order valence-electron chi connectivity index (χ4n) is 2.64. The molecule has 0 aliphatic heterocycles. The lowest BCUT2D eigenvalue weighted by molar-refractivity contribution is 0.0955. The van der Waals surface area contributed by atoms with E-state index in [0.29, 0.717) is 17.8 Å². The first-order valence-corrected chi connectivity index (χ1v) is 7.80. The van der Waals surface area contributed by atoms with Gasteiger partial charge in [-0.05, 0) is 43.0 Å². The Bertz CT molecular complexity index is 886. The van der Waals surface area contributed by atoms with Gasteiger partial charge in [0.25, 0.3) is 5.91 Å². The number of benzene rings is 1. The standard InChI is InChI=1S/C18H20N4O2/c1-12-9-20-17-15(10-21-22(17)11-12)18(23)19-7-6-14-4-5-16(24-3)13(2)8-14/h4-5,8-11H,6-7H2,1-3H3,(H,19,23). The van der Waals surface area contributed by atoms with Crippen molar-refractivity contribution in [3.63, 3.8) is 0 Å². The van der Waals surface area contributed by atoms with Crippen LogP contribution in [0.25, 0.3) is 5.65 Å². The van der Waals surface area contributed by atoms with Crippen LogP contribution in [0.1, 0.15) is 27.0 Å². The van der Waals surface area contributed by atoms with E-state index in [0.717, 1.165) is 28.9 Å². The van der Waals surface area contributed by atoms with Crippen molar-refractivity contribution < 1.29 is 9.53 Å². The van der Waals surface area contributed by atoms with E-state index in [2.05, 4.69) is 21.5 Å². The predicted octanol–water partition coefficient (Wildman–Crippen LogP) is 2.33. The summed E-state index contributed by atoms with van der Waals surface area (Å²) in [4.78, 5) is 16.6. The molecule has 2 heterocycles. The molecular formula is C18H20N4O2. The lowest BCUT2D eigenvalue weighted by atomic mass is 10.1. The third-order valence-corrected chi connectivity index (χ3v) is 3.89. The number of ether oxygens (including phenoxy) is 1. The van der Waals surface area contributed by atoms with Crippen LogP contribution >= 0.6 is 0 Å². The van der Waals surface area contributed by atoms with E-state index in [-0.39, 0.29) is 5.91 Å². The number of fused-ring (bicyclic) bond motifs is 1. The summed E-state index contributed by atoms with van der Waals surface area (Å²) in [6.45, 7) is 4.49. The molecule has 1 aromatic carbocycles. The number of rotatable bonds is 5. The predicted molar refractivity (Wildman–Crippen MR) is 91.5 cm³/mol. The van der Waals surface area contributed by atoms with Crippen molar-refractivity contribution in [2.24, 2.45) is 0 Å². The van der Waals surface area contributed by atoms with E-state index in [1.54, 1.807) is 24.0 Å². The topological polar surface area (TPSA) is 68.5 Å². The molecule has 24 heavy (non-hydrogen) atoms. The molecule has 1 N–H and O–H groups in total. The van der Waals surface area contributed by atoms with Crippen LogP contribution in [0.2, 0.25) is 0 Å². The van der Waals surface area contributed by atoms with Gasteiger partial charge in [-0.3, -0.25) is 4.79 Å². The smallest absolute Gasteiger partial charge is 0.256 e. The number of nitrogens with zero attached hydrogens (tertiary/aromatic N) is 3. The Balaban J connectivity index is 1.64. The van der Waals surface area contributed by atoms with Crippen LogP contribution in [0.4, 0.5) is 0 Å². The number of aromatic nitrogens is 3. The van der Waals surface area contributed by atoms with Gasteiger partial charge in [0.1, 0.15) is 11.3 Å². The van der Waals surface area contributed by atoms with Crippen LogP contribution < -0.4 is 10.1 Å². The van der Waals surface area contributed by atoms with Gasteiger partial charge in [0.05, 0.1) is 13.3 Å². The second-order valence-electron chi connectivity index (χ2n) is 5.77. The van der Waals surface area contributed by atoms with Crippen LogP contribution in [0, 0.1) is 13.8 Å². The lowest BCUT2D eigenvalue weighted by Crippen LogP contribution is -2.25. The van der Waals surface area contributed by atoms with Gasteiger partial charge >= 0.3 is 0 Å². The largest absolute Gasteiger partial charge is 0.496 e. The molecular weight excluding hydrogens is 304 g/mol. The second kappa shape index (κ2) is 6.70. The van der Waals surface area contributed by atoms with Gasteiger partial charge in [-0.25, -0.2) is 9.50 Å². The molecule has 0 radical (unpaired) electrons. The van der Waals surface area contributed by atoms with Crippen molar-refractivity contribution in [2.75, 3.05) is 13.7 Å². The molecule has 0 fully saturated rings. The van der Waals surface area contributed by atoms with E-state index < -0.39 is 0 Å². The summed E-state index contributed by atoms with van der Waals surface area (Å²) in [5, 5.41) is 7.10. The van der Waals surface area contributed by atoms with Gasteiger partial charge in [0.2, 0.25) is 0 Å². The van der Waals surface area contributed by atoms with Crippen molar-refractivity contribution in [2.45, 2.75) is 20.3 Å². The van der Waals surface area contributed by atoms with Gasteiger partial charge < -0.3 is 10.1 Å². The Morgan fingerprint density at radius 3 is 2.88 bits per heavy atom. The fourth-order valence-corrected chi connectivity index (χ4v) is 2.64. The fraction of sp³-hybridized carbons (Fsp3) is 0.278. The highest BCUT2D eigenvalue weighted by molar-refractivity contribution is 5.99. The molecule has 3 aromatic rings. The van der Waals surface area contributed by atoms with Crippen LogP contribution in [0.15, 0.2) is 36.8 Å². The summed E-state index contributed by atoms with van der Waals surface area (Å²) in [6, 6.07) is 6.03. The summed E-state index contributed by atoms with van der Waals surface area (Å²) in [5.74, 6) is 0.710. The lowest BCUT2D eigenvalue weighted by Gasteiger charge is -2.08. The molecule has 0 unspecified atom stereocenters. The van der Waals surface area contributed by atoms with Crippen molar-refractivity contribution >= 4 is 11.6 Å². The molecule has 0 spiro atoms. The molecule has 0 aliphatic rings. The monoisotopic (exact) mass is 324 g/mol. The van der Waals surface area contributed by atoms with E-state index >= 15 is 0 Å². The minimum absolute atomic E-state index is 0.161. The maximum Gasteiger partial charge on any atom is 0.256 e. The van der Waals surface area contributed by atoms with Gasteiger partial charge in [-0.1, -0.05) is 12.1 Å². The zero-order chi connectivity index (χ0) is 17.1. The summed E-state index contributed by atoms with van der Waals surface area (Å²) < 4.78 is 6.88. The Labute approximate surface area is 140 Å². The number of nitrogens with one attached hydrogen (secondary N) is 1. The van der Waals surface area contributed by atoms with Gasteiger partial charge in [0.15, 0.2) is 5.65 Å². The minimum Gasteiger partial charge on any atom is -0.496 e. The summed E-state index contributed by atoms with van der Waals surface area (Å²) in [7, 11) is 1.66. The highest BCUT2D eigenvalue weighted by atomic mass is 16.5. The van der Waals surface area contributed by atoms with Crippen LogP contribution in [-0.2, 0) is 6.42 Å². The summed E-state index contributed by atoms with van der Waals surface area (Å²) in [5.41, 5.74) is 4.29. The average molecular weight is 324 g/mol. The molecule has 0 atom stereocenters. The average Bonchev–Trinajstić information content (AvgIpc) is 2.98. The van der Waals surface area contributed by atoms with Gasteiger partial charge in [0, 0.05) is 18.9 Å². The number of hydrogen-bond donors (Lipinski definition) is 1. The third kappa shape index (κ3) is 3.22. The number of aryl methyl sites for hydroxylation is 2. The molecule has 1 amide bonds. The summed E-state index contributed by atoms with van der Waals surface area (Å²) >= 11 is 0. The maximum absolute atomic E-state index is 12.3. The van der Waals surface area contributed by atoms with E-state index in [1.165, 1.54) is 0 Å². The van der Waals surface area contributed by atoms with Crippen molar-refractivity contribution in [1.29, 1.82) is 0 Å². The number of methoxy groups -OCH3 is 1. The third-order valence-electron chi connectivity index (χ3n) is 3.89. The SMILES string of the molecule is COc1ccc(CCNC(=O)c2cnn3cc(C)cnc23)cc1C. The second-order valence-corrected chi connectivity index (χ2v) is 5.77. The first-order valence-electron chi connectivity index (χ1n) is 7.80. The van der Waals surface area contributed by atoms with Crippen molar-refractivity contribution in [3.05, 3.63) is 59.0 Å². The molecule has 0 saturated carbocycles. The van der Waals surface area contributed by atoms with E-state index in [1.807, 2.05) is 32.2 Å². The zero-order valence-corrected chi connectivity index (χ0v) is 14.0. The highest BCUT2D eigenvalue weighted by Gasteiger charge is 2.13. The molecule has 124 valence electrons. The first kappa shape index (κ1) is 16.0. The molecule has 6 heteroatoms. The number of carbonyl (C=O) groups is 1. The maximum atomic E-state index is 12.3. The first-order chi connectivity index (χ1) is 11.6. The highest BCUT2D eigenvalue weighted by Crippen LogP contribution is 2.18.